The van der Waals surface area contributed by atoms with E-state index in [-0.39, 0.29) is 29.8 Å². The van der Waals surface area contributed by atoms with Gasteiger partial charge >= 0.3 is 0 Å². The first-order valence-corrected chi connectivity index (χ1v) is 11.7. The number of fused-ring (bicyclic) bond motifs is 1. The molecule has 30 heavy (non-hydrogen) atoms. The third-order valence-corrected chi connectivity index (χ3v) is 6.34. The van der Waals surface area contributed by atoms with Crippen molar-refractivity contribution >= 4 is 23.2 Å². The van der Waals surface area contributed by atoms with Crippen molar-refractivity contribution in [3.8, 4) is 0 Å². The van der Waals surface area contributed by atoms with Gasteiger partial charge in [0.15, 0.2) is 0 Å². The van der Waals surface area contributed by atoms with E-state index in [2.05, 4.69) is 58.2 Å². The molecule has 0 spiro atoms. The smallest absolute Gasteiger partial charge is 0.242 e. The first-order chi connectivity index (χ1) is 14.2. The van der Waals surface area contributed by atoms with Gasteiger partial charge in [0.1, 0.15) is 0 Å². The SMILES string of the molecule is CC(C)CN(CC(=O)N1CCc2sccc2C1c1ccccc1)C(=O)CC(C)(C)C. The van der Waals surface area contributed by atoms with Crippen LogP contribution in [0.4, 0.5) is 0 Å². The van der Waals surface area contributed by atoms with Crippen molar-refractivity contribution in [2.75, 3.05) is 19.6 Å². The molecule has 0 radical (unpaired) electrons. The van der Waals surface area contributed by atoms with E-state index in [1.165, 1.54) is 10.4 Å². The average molecular weight is 427 g/mol. The summed E-state index contributed by atoms with van der Waals surface area (Å²) < 4.78 is 0. The van der Waals surface area contributed by atoms with Gasteiger partial charge in [0.25, 0.3) is 0 Å². The Morgan fingerprint density at radius 3 is 2.50 bits per heavy atom. The molecule has 0 aliphatic carbocycles. The molecule has 0 saturated carbocycles. The highest BCUT2D eigenvalue weighted by molar-refractivity contribution is 7.10. The number of hydrogen-bond donors (Lipinski definition) is 0. The second-order valence-electron chi connectivity index (χ2n) is 9.86. The molecule has 1 unspecified atom stereocenters. The Bertz CT molecular complexity index is 867. The molecule has 5 heteroatoms. The van der Waals surface area contributed by atoms with Crippen molar-refractivity contribution in [3.63, 3.8) is 0 Å². The molecule has 1 aliphatic rings. The Hall–Kier alpha value is -2.14. The molecule has 162 valence electrons. The monoisotopic (exact) mass is 426 g/mol. The zero-order chi connectivity index (χ0) is 21.9. The van der Waals surface area contributed by atoms with E-state index in [4.69, 9.17) is 0 Å². The Morgan fingerprint density at radius 1 is 1.17 bits per heavy atom. The van der Waals surface area contributed by atoms with Crippen LogP contribution >= 0.6 is 11.3 Å². The van der Waals surface area contributed by atoms with E-state index in [1.807, 2.05) is 23.1 Å². The number of thiophene rings is 1. The maximum Gasteiger partial charge on any atom is 0.242 e. The fourth-order valence-corrected chi connectivity index (χ4v) is 5.00. The van der Waals surface area contributed by atoms with Gasteiger partial charge < -0.3 is 9.80 Å². The van der Waals surface area contributed by atoms with Crippen molar-refractivity contribution in [1.29, 1.82) is 0 Å². The van der Waals surface area contributed by atoms with Crippen molar-refractivity contribution in [2.24, 2.45) is 11.3 Å². The Kier molecular flexibility index (Phi) is 7.02. The van der Waals surface area contributed by atoms with E-state index < -0.39 is 0 Å². The third-order valence-electron chi connectivity index (χ3n) is 5.35. The summed E-state index contributed by atoms with van der Waals surface area (Å²) >= 11 is 1.77. The van der Waals surface area contributed by atoms with Crippen molar-refractivity contribution in [3.05, 3.63) is 57.8 Å². The van der Waals surface area contributed by atoms with E-state index >= 15 is 0 Å². The average Bonchev–Trinajstić information content (AvgIpc) is 3.14. The number of carbonyl (C=O) groups excluding carboxylic acids is 2. The molecule has 1 aliphatic heterocycles. The summed E-state index contributed by atoms with van der Waals surface area (Å²) in [6, 6.07) is 12.3. The molecule has 2 heterocycles. The van der Waals surface area contributed by atoms with Crippen molar-refractivity contribution in [1.82, 2.24) is 9.80 Å². The summed E-state index contributed by atoms with van der Waals surface area (Å²) in [6.45, 7) is 11.8. The predicted octanol–water partition coefficient (Wildman–Crippen LogP) is 5.14. The molecule has 1 atom stereocenters. The Labute approximate surface area is 184 Å². The van der Waals surface area contributed by atoms with Crippen LogP contribution in [-0.4, -0.2) is 41.2 Å². The number of rotatable bonds is 6. The molecule has 2 aromatic rings. The molecule has 0 saturated heterocycles. The summed E-state index contributed by atoms with van der Waals surface area (Å²) in [5, 5.41) is 2.12. The second kappa shape index (κ2) is 9.34. The molecule has 0 bridgehead atoms. The molecule has 0 fully saturated rings. The van der Waals surface area contributed by atoms with E-state index in [1.54, 1.807) is 16.2 Å². The van der Waals surface area contributed by atoms with Crippen LogP contribution in [-0.2, 0) is 16.0 Å². The quantitative estimate of drug-likeness (QED) is 0.641. The van der Waals surface area contributed by atoms with Gasteiger partial charge in [-0.05, 0) is 40.3 Å². The Balaban J connectivity index is 1.85. The number of nitrogens with zero attached hydrogens (tertiary/aromatic N) is 2. The maximum absolute atomic E-state index is 13.5. The zero-order valence-electron chi connectivity index (χ0n) is 18.9. The van der Waals surface area contributed by atoms with Crippen molar-refractivity contribution < 1.29 is 9.59 Å². The maximum atomic E-state index is 13.5. The van der Waals surface area contributed by atoms with Gasteiger partial charge in [-0.2, -0.15) is 0 Å². The van der Waals surface area contributed by atoms with Gasteiger partial charge in [-0.25, -0.2) is 0 Å². The highest BCUT2D eigenvalue weighted by atomic mass is 32.1. The fraction of sp³-hybridized carbons (Fsp3) is 0.520. The molecular weight excluding hydrogens is 392 g/mol. The minimum Gasteiger partial charge on any atom is -0.333 e. The molecule has 0 N–H and O–H groups in total. The van der Waals surface area contributed by atoms with Crippen molar-refractivity contribution in [2.45, 2.75) is 53.5 Å². The van der Waals surface area contributed by atoms with E-state index in [9.17, 15) is 9.59 Å². The predicted molar refractivity (Wildman–Crippen MR) is 124 cm³/mol. The van der Waals surface area contributed by atoms with Crippen LogP contribution in [0.3, 0.4) is 0 Å². The number of carbonyl (C=O) groups is 2. The fourth-order valence-electron chi connectivity index (χ4n) is 4.09. The van der Waals surface area contributed by atoms with Crippen LogP contribution in [0.5, 0.6) is 0 Å². The minimum atomic E-state index is -0.0986. The number of hydrogen-bond acceptors (Lipinski definition) is 3. The van der Waals surface area contributed by atoms with Crippen LogP contribution in [0.2, 0.25) is 0 Å². The Morgan fingerprint density at radius 2 is 1.87 bits per heavy atom. The molecule has 1 aromatic heterocycles. The van der Waals surface area contributed by atoms with Crippen LogP contribution in [0.1, 0.15) is 63.1 Å². The van der Waals surface area contributed by atoms with Crippen LogP contribution < -0.4 is 0 Å². The van der Waals surface area contributed by atoms with Gasteiger partial charge in [-0.3, -0.25) is 9.59 Å². The lowest BCUT2D eigenvalue weighted by Gasteiger charge is -2.38. The van der Waals surface area contributed by atoms with E-state index in [0.717, 1.165) is 12.0 Å². The topological polar surface area (TPSA) is 40.6 Å². The second-order valence-corrected chi connectivity index (χ2v) is 10.9. The normalized spacial score (nSPS) is 16.5. The highest BCUT2D eigenvalue weighted by Crippen LogP contribution is 2.37. The molecular formula is C25H34N2O2S. The third kappa shape index (κ3) is 5.51. The summed E-state index contributed by atoms with van der Waals surface area (Å²) in [6.07, 6.45) is 1.33. The van der Waals surface area contributed by atoms with Gasteiger partial charge in [-0.1, -0.05) is 65.0 Å². The molecule has 2 amide bonds. The van der Waals surface area contributed by atoms with Gasteiger partial charge in [0.2, 0.25) is 11.8 Å². The lowest BCUT2D eigenvalue weighted by atomic mass is 9.91. The molecule has 4 nitrogen and oxygen atoms in total. The van der Waals surface area contributed by atoms with Crippen LogP contribution in [0.25, 0.3) is 0 Å². The molecule has 1 aromatic carbocycles. The first-order valence-electron chi connectivity index (χ1n) is 10.8. The molecule has 3 rings (SSSR count). The summed E-state index contributed by atoms with van der Waals surface area (Å²) in [7, 11) is 0. The summed E-state index contributed by atoms with van der Waals surface area (Å²) in [4.78, 5) is 31.6. The largest absolute Gasteiger partial charge is 0.333 e. The van der Waals surface area contributed by atoms with Gasteiger partial charge in [0.05, 0.1) is 12.6 Å². The first kappa shape index (κ1) is 22.5. The lowest BCUT2D eigenvalue weighted by molar-refractivity contribution is -0.143. The van der Waals surface area contributed by atoms with Crippen LogP contribution in [0.15, 0.2) is 41.8 Å². The summed E-state index contributed by atoms with van der Waals surface area (Å²) in [5.74, 6) is 0.411. The minimum absolute atomic E-state index is 0.0311. The van der Waals surface area contributed by atoms with Gasteiger partial charge in [-0.15, -0.1) is 11.3 Å². The van der Waals surface area contributed by atoms with E-state index in [0.29, 0.717) is 25.4 Å². The lowest BCUT2D eigenvalue weighted by Crippen LogP contribution is -2.48. The zero-order valence-corrected chi connectivity index (χ0v) is 19.7. The summed E-state index contributed by atoms with van der Waals surface area (Å²) in [5.41, 5.74) is 2.25. The number of amides is 2. The standard InChI is InChI=1S/C25H34N2O2S/c1-18(2)16-26(22(28)15-25(3,4)5)17-23(29)27-13-11-21-20(12-14-30-21)24(27)19-9-7-6-8-10-19/h6-10,12,14,18,24H,11,13,15-17H2,1-5H3. The number of benzene rings is 1. The van der Waals surface area contributed by atoms with Crippen LogP contribution in [0, 0.1) is 11.3 Å². The highest BCUT2D eigenvalue weighted by Gasteiger charge is 2.34. The van der Waals surface area contributed by atoms with Gasteiger partial charge in [0, 0.05) is 24.4 Å².